The Hall–Kier alpha value is -2.87. The van der Waals surface area contributed by atoms with Crippen LogP contribution < -0.4 is 5.56 Å². The highest BCUT2D eigenvalue weighted by molar-refractivity contribution is 7.18. The van der Waals surface area contributed by atoms with Gasteiger partial charge in [-0.25, -0.2) is 4.98 Å². The Kier molecular flexibility index (Phi) is 3.46. The van der Waals surface area contributed by atoms with E-state index in [1.165, 1.54) is 34.2 Å². The molecule has 24 heavy (non-hydrogen) atoms. The van der Waals surface area contributed by atoms with Crippen LogP contribution >= 0.6 is 11.3 Å². The second kappa shape index (κ2) is 5.64. The standard InChI is InChI=1S/C16H12N4O3S/c21-16-14-12-5-2-6-13(12)24-15(14)17-9-19(16)18-8-10-3-1-4-11(7-10)20(22)23/h1,3-4,7-9H,2,5-6H2/b18-8-. The Morgan fingerprint density at radius 3 is 3.08 bits per heavy atom. The maximum absolute atomic E-state index is 12.7. The van der Waals surface area contributed by atoms with Crippen molar-refractivity contribution in [3.63, 3.8) is 0 Å². The molecule has 8 heteroatoms. The third kappa shape index (κ3) is 2.41. The molecule has 4 rings (SSSR count). The highest BCUT2D eigenvalue weighted by Crippen LogP contribution is 2.34. The number of aromatic nitrogens is 2. The normalized spacial score (nSPS) is 13.7. The second-order valence-corrected chi connectivity index (χ2v) is 6.61. The van der Waals surface area contributed by atoms with Gasteiger partial charge in [0.15, 0.2) is 0 Å². The number of nitro benzene ring substituents is 1. The summed E-state index contributed by atoms with van der Waals surface area (Å²) in [6, 6.07) is 6.08. The number of hydrogen-bond donors (Lipinski definition) is 0. The maximum Gasteiger partial charge on any atom is 0.282 e. The van der Waals surface area contributed by atoms with Gasteiger partial charge in [0.05, 0.1) is 16.5 Å². The second-order valence-electron chi connectivity index (χ2n) is 5.53. The molecule has 1 aromatic carbocycles. The molecule has 0 atom stereocenters. The van der Waals surface area contributed by atoms with E-state index in [-0.39, 0.29) is 11.2 Å². The van der Waals surface area contributed by atoms with E-state index in [4.69, 9.17) is 0 Å². The average molecular weight is 340 g/mol. The lowest BCUT2D eigenvalue weighted by atomic mass is 10.2. The van der Waals surface area contributed by atoms with Crippen molar-refractivity contribution in [2.24, 2.45) is 5.10 Å². The number of benzene rings is 1. The molecule has 0 N–H and O–H groups in total. The highest BCUT2D eigenvalue weighted by Gasteiger charge is 2.21. The lowest BCUT2D eigenvalue weighted by Gasteiger charge is -1.99. The summed E-state index contributed by atoms with van der Waals surface area (Å²) in [6.07, 6.45) is 5.80. The van der Waals surface area contributed by atoms with Crippen molar-refractivity contribution >= 4 is 33.5 Å². The zero-order chi connectivity index (χ0) is 16.7. The molecule has 0 radical (unpaired) electrons. The lowest BCUT2D eigenvalue weighted by molar-refractivity contribution is -0.384. The number of nitrogens with zero attached hydrogens (tertiary/aromatic N) is 4. The summed E-state index contributed by atoms with van der Waals surface area (Å²) >= 11 is 1.58. The minimum atomic E-state index is -0.466. The van der Waals surface area contributed by atoms with Gasteiger partial charge in [0.1, 0.15) is 11.2 Å². The van der Waals surface area contributed by atoms with Crippen LogP contribution in [0, 0.1) is 10.1 Å². The first-order valence-electron chi connectivity index (χ1n) is 7.44. The van der Waals surface area contributed by atoms with Crippen LogP contribution in [0.15, 0.2) is 40.5 Å². The van der Waals surface area contributed by atoms with Gasteiger partial charge in [-0.05, 0) is 24.8 Å². The van der Waals surface area contributed by atoms with Crippen LogP contribution in [0.25, 0.3) is 10.2 Å². The van der Waals surface area contributed by atoms with Crippen molar-refractivity contribution in [2.45, 2.75) is 19.3 Å². The minimum absolute atomic E-state index is 0.0180. The summed E-state index contributed by atoms with van der Waals surface area (Å²) in [4.78, 5) is 29.3. The molecule has 2 aromatic heterocycles. The predicted molar refractivity (Wildman–Crippen MR) is 92.0 cm³/mol. The molecular formula is C16H12N4O3S. The number of thiophene rings is 1. The van der Waals surface area contributed by atoms with E-state index in [2.05, 4.69) is 10.1 Å². The first-order valence-corrected chi connectivity index (χ1v) is 8.26. The molecule has 7 nitrogen and oxygen atoms in total. The van der Waals surface area contributed by atoms with Gasteiger partial charge in [-0.3, -0.25) is 14.9 Å². The molecule has 2 heterocycles. The van der Waals surface area contributed by atoms with E-state index in [1.54, 1.807) is 23.5 Å². The number of aryl methyl sites for hydroxylation is 2. The fourth-order valence-electron chi connectivity index (χ4n) is 2.91. The average Bonchev–Trinajstić information content (AvgIpc) is 3.15. The fraction of sp³-hybridized carbons (Fsp3) is 0.188. The first-order chi connectivity index (χ1) is 11.6. The Labute approximate surface area is 140 Å². The van der Waals surface area contributed by atoms with Crippen LogP contribution in [0.3, 0.4) is 0 Å². The van der Waals surface area contributed by atoms with Gasteiger partial charge in [-0.15, -0.1) is 11.3 Å². The van der Waals surface area contributed by atoms with Crippen LogP contribution in [-0.4, -0.2) is 20.8 Å². The van der Waals surface area contributed by atoms with Gasteiger partial charge in [0.25, 0.3) is 11.2 Å². The molecule has 0 saturated heterocycles. The topological polar surface area (TPSA) is 90.4 Å². The van der Waals surface area contributed by atoms with Crippen molar-refractivity contribution < 1.29 is 4.92 Å². The zero-order valence-corrected chi connectivity index (χ0v) is 13.3. The molecule has 0 amide bonds. The summed E-state index contributed by atoms with van der Waals surface area (Å²) < 4.78 is 1.19. The summed E-state index contributed by atoms with van der Waals surface area (Å²) in [6.45, 7) is 0. The number of non-ortho nitro benzene ring substituents is 1. The summed E-state index contributed by atoms with van der Waals surface area (Å²) in [5.74, 6) is 0. The van der Waals surface area contributed by atoms with Crippen molar-refractivity contribution in [1.29, 1.82) is 0 Å². The van der Waals surface area contributed by atoms with E-state index in [0.29, 0.717) is 10.9 Å². The fourth-order valence-corrected chi connectivity index (χ4v) is 4.12. The van der Waals surface area contributed by atoms with Crippen LogP contribution in [0.1, 0.15) is 22.4 Å². The molecule has 0 fully saturated rings. The smallest absolute Gasteiger partial charge is 0.267 e. The molecule has 0 spiro atoms. The molecule has 0 bridgehead atoms. The summed E-state index contributed by atoms with van der Waals surface area (Å²) in [5, 5.41) is 15.6. The Balaban J connectivity index is 1.75. The van der Waals surface area contributed by atoms with Gasteiger partial charge in [0.2, 0.25) is 0 Å². The van der Waals surface area contributed by atoms with Gasteiger partial charge in [-0.2, -0.15) is 9.78 Å². The van der Waals surface area contributed by atoms with Crippen LogP contribution in [-0.2, 0) is 12.8 Å². The van der Waals surface area contributed by atoms with E-state index < -0.39 is 4.92 Å². The van der Waals surface area contributed by atoms with Crippen molar-refractivity contribution in [1.82, 2.24) is 9.66 Å². The summed E-state index contributed by atoms with van der Waals surface area (Å²) in [5.41, 5.74) is 1.44. The van der Waals surface area contributed by atoms with Crippen LogP contribution in [0.5, 0.6) is 0 Å². The third-order valence-electron chi connectivity index (χ3n) is 4.02. The number of rotatable bonds is 3. The van der Waals surface area contributed by atoms with Crippen molar-refractivity contribution in [2.75, 3.05) is 0 Å². The van der Waals surface area contributed by atoms with E-state index >= 15 is 0 Å². The van der Waals surface area contributed by atoms with Crippen molar-refractivity contribution in [3.05, 3.63) is 67.1 Å². The van der Waals surface area contributed by atoms with Gasteiger partial charge in [-0.1, -0.05) is 12.1 Å². The highest BCUT2D eigenvalue weighted by atomic mass is 32.1. The SMILES string of the molecule is O=c1c2c3c(sc2ncn1/N=C\c1cccc([N+](=O)[O-])c1)CCC3. The summed E-state index contributed by atoms with van der Waals surface area (Å²) in [7, 11) is 0. The number of hydrogen-bond acceptors (Lipinski definition) is 6. The largest absolute Gasteiger partial charge is 0.282 e. The molecule has 3 aromatic rings. The molecule has 1 aliphatic rings. The monoisotopic (exact) mass is 340 g/mol. The molecule has 120 valence electrons. The number of nitro groups is 1. The Morgan fingerprint density at radius 1 is 1.38 bits per heavy atom. The molecule has 0 aliphatic heterocycles. The molecule has 1 aliphatic carbocycles. The van der Waals surface area contributed by atoms with E-state index in [1.807, 2.05) is 0 Å². The van der Waals surface area contributed by atoms with Crippen LogP contribution in [0.4, 0.5) is 5.69 Å². The van der Waals surface area contributed by atoms with E-state index in [0.717, 1.165) is 29.7 Å². The first kappa shape index (κ1) is 14.7. The lowest BCUT2D eigenvalue weighted by Crippen LogP contribution is -2.17. The molecule has 0 saturated carbocycles. The van der Waals surface area contributed by atoms with E-state index in [9.17, 15) is 14.9 Å². The van der Waals surface area contributed by atoms with Crippen molar-refractivity contribution in [3.8, 4) is 0 Å². The van der Waals surface area contributed by atoms with Crippen LogP contribution in [0.2, 0.25) is 0 Å². The predicted octanol–water partition coefficient (Wildman–Crippen LogP) is 2.74. The number of fused-ring (bicyclic) bond motifs is 3. The zero-order valence-electron chi connectivity index (χ0n) is 12.5. The maximum atomic E-state index is 12.7. The Morgan fingerprint density at radius 2 is 2.25 bits per heavy atom. The Bertz CT molecular complexity index is 1050. The third-order valence-corrected chi connectivity index (χ3v) is 5.22. The van der Waals surface area contributed by atoms with Gasteiger partial charge < -0.3 is 0 Å². The molecular weight excluding hydrogens is 328 g/mol. The molecule has 0 unspecified atom stereocenters. The van der Waals surface area contributed by atoms with Gasteiger partial charge >= 0.3 is 0 Å². The quantitative estimate of drug-likeness (QED) is 0.416. The van der Waals surface area contributed by atoms with Gasteiger partial charge in [0, 0.05) is 22.6 Å². The minimum Gasteiger partial charge on any atom is -0.267 e.